The van der Waals surface area contributed by atoms with E-state index in [1.165, 1.54) is 6.92 Å². The molecule has 0 aliphatic carbocycles. The summed E-state index contributed by atoms with van der Waals surface area (Å²) in [6, 6.07) is 1.81. The number of nitrogens with one attached hydrogen (secondary N) is 1. The minimum absolute atomic E-state index is 0.0205. The first-order valence-electron chi connectivity index (χ1n) is 6.45. The average molecular weight is 254 g/mol. The molecule has 0 aliphatic rings. The zero-order valence-corrected chi connectivity index (χ0v) is 12.4. The second-order valence-corrected chi connectivity index (χ2v) is 2.92. The van der Waals surface area contributed by atoms with E-state index in [0.29, 0.717) is 6.54 Å². The molecule has 0 saturated carbocycles. The number of methoxy groups -OCH3 is 1. The number of hydrogen-bond donors (Lipinski definition) is 1. The summed E-state index contributed by atoms with van der Waals surface area (Å²) in [5, 5.41) is 2.72. The lowest BCUT2D eigenvalue weighted by Gasteiger charge is -2.07. The molecular formula is C14H26N2O2. The van der Waals surface area contributed by atoms with Crippen LogP contribution in [-0.4, -0.2) is 24.5 Å². The van der Waals surface area contributed by atoms with E-state index in [1.54, 1.807) is 19.5 Å². The van der Waals surface area contributed by atoms with Crippen molar-refractivity contribution in [2.75, 3.05) is 13.7 Å². The number of pyridine rings is 1. The van der Waals surface area contributed by atoms with Crippen molar-refractivity contribution in [2.24, 2.45) is 0 Å². The van der Waals surface area contributed by atoms with Crippen molar-refractivity contribution < 1.29 is 9.53 Å². The van der Waals surface area contributed by atoms with Gasteiger partial charge in [0.05, 0.1) is 7.11 Å². The molecule has 0 saturated heterocycles. The summed E-state index contributed by atoms with van der Waals surface area (Å²) in [5.41, 5.74) is 1.00. The van der Waals surface area contributed by atoms with Crippen molar-refractivity contribution >= 4 is 5.91 Å². The van der Waals surface area contributed by atoms with Crippen LogP contribution in [0.25, 0.3) is 0 Å². The standard InChI is InChI=1S/C10H14N2O2.2C2H6/c1-8(13)12-6-3-9-7-11-5-4-10(9)14-2;2*1-2/h4-5,7H,3,6H2,1-2H3,(H,12,13);2*1-2H3. The molecule has 0 aliphatic heterocycles. The number of aromatic nitrogens is 1. The Kier molecular flexibility index (Phi) is 14.1. The van der Waals surface area contributed by atoms with Gasteiger partial charge < -0.3 is 10.1 Å². The highest BCUT2D eigenvalue weighted by Gasteiger charge is 2.01. The summed E-state index contributed by atoms with van der Waals surface area (Å²) in [6.45, 7) is 10.1. The van der Waals surface area contributed by atoms with E-state index in [9.17, 15) is 4.79 Å². The Balaban J connectivity index is 0. The van der Waals surface area contributed by atoms with Crippen LogP contribution in [-0.2, 0) is 11.2 Å². The third kappa shape index (κ3) is 8.56. The van der Waals surface area contributed by atoms with E-state index in [2.05, 4.69) is 10.3 Å². The molecule has 0 unspecified atom stereocenters. The first kappa shape index (κ1) is 18.8. The van der Waals surface area contributed by atoms with E-state index in [4.69, 9.17) is 4.74 Å². The molecule has 0 aromatic carbocycles. The fraction of sp³-hybridized carbons (Fsp3) is 0.571. The Morgan fingerprint density at radius 3 is 2.44 bits per heavy atom. The van der Waals surface area contributed by atoms with Crippen molar-refractivity contribution in [1.29, 1.82) is 0 Å². The Morgan fingerprint density at radius 1 is 1.33 bits per heavy atom. The van der Waals surface area contributed by atoms with Crippen LogP contribution in [0.5, 0.6) is 5.75 Å². The van der Waals surface area contributed by atoms with Gasteiger partial charge in [-0.25, -0.2) is 0 Å². The van der Waals surface area contributed by atoms with Gasteiger partial charge in [0.1, 0.15) is 5.75 Å². The lowest BCUT2D eigenvalue weighted by atomic mass is 10.2. The molecule has 4 nitrogen and oxygen atoms in total. The first-order valence-corrected chi connectivity index (χ1v) is 6.45. The smallest absolute Gasteiger partial charge is 0.216 e. The minimum Gasteiger partial charge on any atom is -0.496 e. The van der Waals surface area contributed by atoms with Crippen molar-refractivity contribution in [3.63, 3.8) is 0 Å². The number of rotatable bonds is 4. The summed E-state index contributed by atoms with van der Waals surface area (Å²) in [7, 11) is 1.62. The van der Waals surface area contributed by atoms with E-state index in [1.807, 2.05) is 33.8 Å². The number of carbonyl (C=O) groups excluding carboxylic acids is 1. The van der Waals surface area contributed by atoms with Crippen LogP contribution in [0.4, 0.5) is 0 Å². The highest BCUT2D eigenvalue weighted by molar-refractivity contribution is 5.72. The van der Waals surface area contributed by atoms with Crippen molar-refractivity contribution in [1.82, 2.24) is 10.3 Å². The maximum atomic E-state index is 10.6. The van der Waals surface area contributed by atoms with Crippen LogP contribution >= 0.6 is 0 Å². The van der Waals surface area contributed by atoms with Gasteiger partial charge in [0.25, 0.3) is 0 Å². The van der Waals surface area contributed by atoms with Gasteiger partial charge in [-0.05, 0) is 12.5 Å². The Morgan fingerprint density at radius 2 is 1.94 bits per heavy atom. The quantitative estimate of drug-likeness (QED) is 0.899. The molecule has 0 atom stereocenters. The first-order chi connectivity index (χ1) is 8.74. The third-order valence-corrected chi connectivity index (χ3v) is 1.85. The maximum Gasteiger partial charge on any atom is 0.216 e. The molecule has 0 bridgehead atoms. The van der Waals surface area contributed by atoms with Crippen LogP contribution in [0.3, 0.4) is 0 Å². The maximum absolute atomic E-state index is 10.6. The van der Waals surface area contributed by atoms with Crippen LogP contribution in [0.2, 0.25) is 0 Å². The molecule has 1 rings (SSSR count). The Hall–Kier alpha value is -1.58. The minimum atomic E-state index is -0.0205. The average Bonchev–Trinajstić information content (AvgIpc) is 2.43. The van der Waals surface area contributed by atoms with Gasteiger partial charge in [-0.15, -0.1) is 0 Å². The summed E-state index contributed by atoms with van der Waals surface area (Å²) in [6.07, 6.45) is 4.16. The molecule has 1 aromatic rings. The van der Waals surface area contributed by atoms with Gasteiger partial charge in [-0.2, -0.15) is 0 Å². The number of hydrogen-bond acceptors (Lipinski definition) is 3. The zero-order chi connectivity index (χ0) is 14.4. The molecule has 1 amide bonds. The summed E-state index contributed by atoms with van der Waals surface area (Å²) in [4.78, 5) is 14.6. The predicted molar refractivity (Wildman–Crippen MR) is 75.9 cm³/mol. The molecular weight excluding hydrogens is 228 g/mol. The van der Waals surface area contributed by atoms with Gasteiger partial charge in [0.15, 0.2) is 0 Å². The molecule has 18 heavy (non-hydrogen) atoms. The Labute approximate surface area is 111 Å². The highest BCUT2D eigenvalue weighted by atomic mass is 16.5. The van der Waals surface area contributed by atoms with E-state index in [-0.39, 0.29) is 5.91 Å². The summed E-state index contributed by atoms with van der Waals surface area (Å²) < 4.78 is 5.15. The van der Waals surface area contributed by atoms with E-state index < -0.39 is 0 Å². The van der Waals surface area contributed by atoms with Gasteiger partial charge in [-0.1, -0.05) is 27.7 Å². The molecule has 0 fully saturated rings. The van der Waals surface area contributed by atoms with Crippen molar-refractivity contribution in [3.8, 4) is 5.75 Å². The predicted octanol–water partition coefficient (Wildman–Crippen LogP) is 2.82. The van der Waals surface area contributed by atoms with Gasteiger partial charge in [0.2, 0.25) is 5.91 Å². The number of amides is 1. The monoisotopic (exact) mass is 254 g/mol. The van der Waals surface area contributed by atoms with Crippen molar-refractivity contribution in [2.45, 2.75) is 41.0 Å². The van der Waals surface area contributed by atoms with E-state index >= 15 is 0 Å². The topological polar surface area (TPSA) is 51.2 Å². The van der Waals surface area contributed by atoms with Crippen LogP contribution in [0.1, 0.15) is 40.2 Å². The molecule has 1 N–H and O–H groups in total. The van der Waals surface area contributed by atoms with Crippen molar-refractivity contribution in [3.05, 3.63) is 24.0 Å². The second-order valence-electron chi connectivity index (χ2n) is 2.92. The number of carbonyl (C=O) groups is 1. The lowest BCUT2D eigenvalue weighted by molar-refractivity contribution is -0.118. The van der Waals surface area contributed by atoms with Crippen LogP contribution in [0, 0.1) is 0 Å². The molecule has 4 heteroatoms. The molecule has 0 radical (unpaired) electrons. The second kappa shape index (κ2) is 13.5. The lowest BCUT2D eigenvalue weighted by Crippen LogP contribution is -2.22. The van der Waals surface area contributed by atoms with Gasteiger partial charge in [-0.3, -0.25) is 9.78 Å². The normalized spacial score (nSPS) is 8.11. The number of nitrogens with zero attached hydrogens (tertiary/aromatic N) is 1. The number of ether oxygens (including phenoxy) is 1. The summed E-state index contributed by atoms with van der Waals surface area (Å²) >= 11 is 0. The van der Waals surface area contributed by atoms with E-state index in [0.717, 1.165) is 17.7 Å². The Bertz CT molecular complexity index is 314. The fourth-order valence-corrected chi connectivity index (χ4v) is 1.17. The fourth-order valence-electron chi connectivity index (χ4n) is 1.17. The van der Waals surface area contributed by atoms with Gasteiger partial charge in [0, 0.05) is 31.4 Å². The molecule has 1 heterocycles. The summed E-state index contributed by atoms with van der Waals surface area (Å²) in [5.74, 6) is 0.790. The van der Waals surface area contributed by atoms with Gasteiger partial charge >= 0.3 is 0 Å². The SMILES string of the molecule is CC.CC.COc1ccncc1CCNC(C)=O. The highest BCUT2D eigenvalue weighted by Crippen LogP contribution is 2.15. The third-order valence-electron chi connectivity index (χ3n) is 1.85. The van der Waals surface area contributed by atoms with Crippen LogP contribution in [0.15, 0.2) is 18.5 Å². The van der Waals surface area contributed by atoms with Crippen LogP contribution < -0.4 is 10.1 Å². The molecule has 0 spiro atoms. The zero-order valence-electron chi connectivity index (χ0n) is 12.4. The largest absolute Gasteiger partial charge is 0.496 e. The molecule has 1 aromatic heterocycles. The molecule has 104 valence electrons.